The Morgan fingerprint density at radius 2 is 1.71 bits per heavy atom. The van der Waals surface area contributed by atoms with E-state index in [0.717, 1.165) is 0 Å². The third-order valence-corrected chi connectivity index (χ3v) is 2.30. The second-order valence-electron chi connectivity index (χ2n) is 6.58. The van der Waals surface area contributed by atoms with E-state index < -0.39 is 5.60 Å². The number of hydrogen-bond acceptors (Lipinski definition) is 4. The van der Waals surface area contributed by atoms with E-state index in [1.54, 1.807) is 0 Å². The fourth-order valence-corrected chi connectivity index (χ4v) is 1.85. The molecule has 1 fully saturated rings. The lowest BCUT2D eigenvalue weighted by molar-refractivity contribution is -0.157. The third kappa shape index (κ3) is 5.50. The molecule has 0 aromatic rings. The summed E-state index contributed by atoms with van der Waals surface area (Å²) in [5, 5.41) is 3.15. The molecule has 1 aliphatic rings. The molecular formula is C13H25NO3. The van der Waals surface area contributed by atoms with E-state index >= 15 is 0 Å². The van der Waals surface area contributed by atoms with E-state index in [1.165, 1.54) is 0 Å². The lowest BCUT2D eigenvalue weighted by Gasteiger charge is -2.24. The Kier molecular flexibility index (Phi) is 4.20. The molecule has 100 valence electrons. The molecule has 0 aliphatic carbocycles. The van der Waals surface area contributed by atoms with Gasteiger partial charge in [-0.25, -0.2) is 0 Å². The maximum Gasteiger partial charge on any atom is 0.323 e. The van der Waals surface area contributed by atoms with Gasteiger partial charge < -0.3 is 14.8 Å². The van der Waals surface area contributed by atoms with Gasteiger partial charge in [-0.3, -0.25) is 4.79 Å². The molecule has 0 unspecified atom stereocenters. The van der Waals surface area contributed by atoms with Gasteiger partial charge in [0.25, 0.3) is 0 Å². The second-order valence-corrected chi connectivity index (χ2v) is 6.58. The van der Waals surface area contributed by atoms with Crippen LogP contribution in [0.15, 0.2) is 0 Å². The maximum absolute atomic E-state index is 11.8. The van der Waals surface area contributed by atoms with Crippen molar-refractivity contribution in [3.63, 3.8) is 0 Å². The van der Waals surface area contributed by atoms with Gasteiger partial charge in [-0.2, -0.15) is 0 Å². The predicted octanol–water partition coefficient (Wildman–Crippen LogP) is 1.87. The Labute approximate surface area is 104 Å². The molecule has 2 atom stereocenters. The molecule has 4 nitrogen and oxygen atoms in total. The maximum atomic E-state index is 11.8. The molecule has 0 amide bonds. The second kappa shape index (κ2) is 4.94. The highest BCUT2D eigenvalue weighted by Gasteiger charge is 2.34. The van der Waals surface area contributed by atoms with Crippen LogP contribution in [0.5, 0.6) is 0 Å². The number of ether oxygens (including phenoxy) is 2. The van der Waals surface area contributed by atoms with Crippen molar-refractivity contribution in [1.29, 1.82) is 0 Å². The van der Waals surface area contributed by atoms with Crippen molar-refractivity contribution in [2.75, 3.05) is 6.54 Å². The van der Waals surface area contributed by atoms with Gasteiger partial charge in [0.2, 0.25) is 0 Å². The zero-order valence-corrected chi connectivity index (χ0v) is 11.8. The number of esters is 1. The molecule has 4 heteroatoms. The molecule has 0 saturated carbocycles. The average Bonchev–Trinajstić information content (AvgIpc) is 2.45. The third-order valence-electron chi connectivity index (χ3n) is 2.30. The van der Waals surface area contributed by atoms with E-state index in [9.17, 15) is 4.79 Å². The zero-order chi connectivity index (χ0) is 13.3. The minimum Gasteiger partial charge on any atom is -0.459 e. The van der Waals surface area contributed by atoms with Crippen LogP contribution in [0.4, 0.5) is 0 Å². The van der Waals surface area contributed by atoms with Crippen LogP contribution in [-0.2, 0) is 14.3 Å². The van der Waals surface area contributed by atoms with Crippen molar-refractivity contribution < 1.29 is 14.3 Å². The van der Waals surface area contributed by atoms with Crippen molar-refractivity contribution >= 4 is 5.97 Å². The molecule has 0 bridgehead atoms. The minimum absolute atomic E-state index is 0.0903. The summed E-state index contributed by atoms with van der Waals surface area (Å²) in [4.78, 5) is 11.8. The van der Waals surface area contributed by atoms with Gasteiger partial charge >= 0.3 is 5.97 Å². The van der Waals surface area contributed by atoms with Crippen LogP contribution in [0, 0.1) is 0 Å². The normalized spacial score (nSPS) is 26.0. The molecule has 0 spiro atoms. The predicted molar refractivity (Wildman–Crippen MR) is 66.9 cm³/mol. The van der Waals surface area contributed by atoms with Crippen LogP contribution in [0.3, 0.4) is 0 Å². The fourth-order valence-electron chi connectivity index (χ4n) is 1.85. The average molecular weight is 243 g/mol. The Hall–Kier alpha value is -0.610. The van der Waals surface area contributed by atoms with Crippen LogP contribution in [-0.4, -0.2) is 35.9 Å². The summed E-state index contributed by atoms with van der Waals surface area (Å²) in [5.41, 5.74) is -0.600. The van der Waals surface area contributed by atoms with E-state index in [4.69, 9.17) is 9.47 Å². The van der Waals surface area contributed by atoms with Gasteiger partial charge in [0.15, 0.2) is 0 Å². The van der Waals surface area contributed by atoms with Crippen molar-refractivity contribution in [3.8, 4) is 0 Å². The van der Waals surface area contributed by atoms with Crippen LogP contribution in [0.2, 0.25) is 0 Å². The van der Waals surface area contributed by atoms with Crippen LogP contribution in [0.25, 0.3) is 0 Å². The largest absolute Gasteiger partial charge is 0.459 e. The summed E-state index contributed by atoms with van der Waals surface area (Å²) in [6, 6.07) is -0.235. The standard InChI is InChI=1S/C13H25NO3/c1-12(2,3)16-9-7-10(14-8-9)11(15)17-13(4,5)6/h9-10,14H,7-8H2,1-6H3/t9-,10-/m0/s1. The summed E-state index contributed by atoms with van der Waals surface area (Å²) in [6.07, 6.45) is 0.777. The van der Waals surface area contributed by atoms with E-state index in [2.05, 4.69) is 5.32 Å². The van der Waals surface area contributed by atoms with Gasteiger partial charge in [0, 0.05) is 13.0 Å². The summed E-state index contributed by atoms with van der Waals surface area (Å²) in [7, 11) is 0. The first-order valence-corrected chi connectivity index (χ1v) is 6.21. The highest BCUT2D eigenvalue weighted by Crippen LogP contribution is 2.20. The lowest BCUT2D eigenvalue weighted by Crippen LogP contribution is -2.37. The topological polar surface area (TPSA) is 47.6 Å². The monoisotopic (exact) mass is 243 g/mol. The molecule has 17 heavy (non-hydrogen) atoms. The number of carbonyl (C=O) groups is 1. The Balaban J connectivity index is 2.43. The molecule has 1 saturated heterocycles. The molecule has 0 aromatic carbocycles. The first kappa shape index (κ1) is 14.5. The van der Waals surface area contributed by atoms with E-state index in [1.807, 2.05) is 41.5 Å². The summed E-state index contributed by atoms with van der Waals surface area (Å²) in [5.74, 6) is -0.183. The zero-order valence-electron chi connectivity index (χ0n) is 11.8. The van der Waals surface area contributed by atoms with E-state index in [0.29, 0.717) is 13.0 Å². The van der Waals surface area contributed by atoms with Gasteiger partial charge in [-0.1, -0.05) is 0 Å². The van der Waals surface area contributed by atoms with Gasteiger partial charge in [-0.15, -0.1) is 0 Å². The van der Waals surface area contributed by atoms with Crippen molar-refractivity contribution in [2.24, 2.45) is 0 Å². The van der Waals surface area contributed by atoms with Crippen molar-refractivity contribution in [3.05, 3.63) is 0 Å². The van der Waals surface area contributed by atoms with Crippen molar-refractivity contribution in [2.45, 2.75) is 71.3 Å². The van der Waals surface area contributed by atoms with Crippen molar-refractivity contribution in [1.82, 2.24) is 5.32 Å². The minimum atomic E-state index is -0.429. The van der Waals surface area contributed by atoms with E-state index in [-0.39, 0.29) is 23.7 Å². The quantitative estimate of drug-likeness (QED) is 0.752. The first-order valence-electron chi connectivity index (χ1n) is 6.21. The molecule has 0 radical (unpaired) electrons. The Morgan fingerprint density at radius 3 is 2.18 bits per heavy atom. The number of nitrogens with one attached hydrogen (secondary N) is 1. The highest BCUT2D eigenvalue weighted by atomic mass is 16.6. The Bertz CT molecular complexity index is 275. The number of carbonyl (C=O) groups excluding carboxylic acids is 1. The SMILES string of the molecule is CC(C)(C)OC(=O)[C@@H]1C[C@H](OC(C)(C)C)CN1. The summed E-state index contributed by atoms with van der Waals surface area (Å²) < 4.78 is 11.2. The van der Waals surface area contributed by atoms with Gasteiger partial charge in [-0.05, 0) is 41.5 Å². The van der Waals surface area contributed by atoms with Gasteiger partial charge in [0.1, 0.15) is 11.6 Å². The van der Waals surface area contributed by atoms with Crippen LogP contribution in [0.1, 0.15) is 48.0 Å². The molecular weight excluding hydrogens is 218 g/mol. The molecule has 1 rings (SSSR count). The lowest BCUT2D eigenvalue weighted by atomic mass is 10.1. The molecule has 1 aliphatic heterocycles. The molecule has 1 heterocycles. The first-order chi connectivity index (χ1) is 7.57. The highest BCUT2D eigenvalue weighted by molar-refractivity contribution is 5.76. The fraction of sp³-hybridized carbons (Fsp3) is 0.923. The molecule has 1 N–H and O–H groups in total. The summed E-state index contributed by atoms with van der Waals surface area (Å²) >= 11 is 0. The number of hydrogen-bond donors (Lipinski definition) is 1. The summed E-state index contributed by atoms with van der Waals surface area (Å²) in [6.45, 7) is 12.4. The molecule has 0 aromatic heterocycles. The van der Waals surface area contributed by atoms with Crippen LogP contribution < -0.4 is 5.32 Å². The van der Waals surface area contributed by atoms with Crippen LogP contribution >= 0.6 is 0 Å². The van der Waals surface area contributed by atoms with Gasteiger partial charge in [0.05, 0.1) is 11.7 Å². The smallest absolute Gasteiger partial charge is 0.323 e. The Morgan fingerprint density at radius 1 is 1.12 bits per heavy atom. The number of rotatable bonds is 2.